The number of hydrogen-bond donors (Lipinski definition) is 2. The molecule has 0 fully saturated rings. The maximum atomic E-state index is 11.4. The normalized spacial score (nSPS) is 17.8. The van der Waals surface area contributed by atoms with Gasteiger partial charge >= 0.3 is 0 Å². The van der Waals surface area contributed by atoms with Gasteiger partial charge < -0.3 is 10.6 Å². The Bertz CT molecular complexity index is 417. The molecule has 1 heterocycles. The molecule has 1 aromatic rings. The molecule has 0 radical (unpaired) electrons. The first kappa shape index (κ1) is 13.0. The van der Waals surface area contributed by atoms with E-state index >= 15 is 0 Å². The van der Waals surface area contributed by atoms with Crippen molar-refractivity contribution in [1.82, 2.24) is 15.6 Å². The number of aromatic nitrogens is 1. The topological polar surface area (TPSA) is 54.0 Å². The molecule has 1 aromatic heterocycles. The maximum absolute atomic E-state index is 11.4. The predicted molar refractivity (Wildman–Crippen MR) is 71.1 cm³/mol. The van der Waals surface area contributed by atoms with Crippen LogP contribution in [-0.2, 0) is 11.2 Å². The summed E-state index contributed by atoms with van der Waals surface area (Å²) in [5.74, 6) is 0.167. The fraction of sp³-hybridized carbons (Fsp3) is 0.571. The van der Waals surface area contributed by atoms with Crippen molar-refractivity contribution in [2.75, 3.05) is 13.1 Å². The van der Waals surface area contributed by atoms with Gasteiger partial charge in [-0.1, -0.05) is 19.9 Å². The standard InChI is InChI=1S/C14H21N3O/c1-10(2)14(18)17-9-8-15-12-6-5-11-4-3-7-16-13(11)12/h3-4,7,10,12,15H,5-6,8-9H2,1-2H3,(H,17,18). The van der Waals surface area contributed by atoms with Gasteiger partial charge in [-0.2, -0.15) is 0 Å². The molecule has 4 heteroatoms. The SMILES string of the molecule is CC(C)C(=O)NCCNC1CCc2cccnc21. The monoisotopic (exact) mass is 247 g/mol. The molecule has 1 atom stereocenters. The first-order chi connectivity index (χ1) is 8.68. The quantitative estimate of drug-likeness (QED) is 0.774. The fourth-order valence-electron chi connectivity index (χ4n) is 2.25. The summed E-state index contributed by atoms with van der Waals surface area (Å²) in [6.07, 6.45) is 4.04. The zero-order valence-electron chi connectivity index (χ0n) is 11.1. The third-order valence-electron chi connectivity index (χ3n) is 3.30. The number of amides is 1. The van der Waals surface area contributed by atoms with Crippen LogP contribution < -0.4 is 10.6 Å². The second kappa shape index (κ2) is 5.96. The van der Waals surface area contributed by atoms with E-state index in [1.165, 1.54) is 11.3 Å². The van der Waals surface area contributed by atoms with Gasteiger partial charge in [0, 0.05) is 25.2 Å². The molecule has 1 aliphatic carbocycles. The molecule has 1 aliphatic rings. The van der Waals surface area contributed by atoms with Crippen molar-refractivity contribution in [3.8, 4) is 0 Å². The van der Waals surface area contributed by atoms with Crippen LogP contribution in [-0.4, -0.2) is 24.0 Å². The molecular formula is C14H21N3O. The van der Waals surface area contributed by atoms with Gasteiger partial charge in [-0.05, 0) is 24.5 Å². The number of nitrogens with one attached hydrogen (secondary N) is 2. The van der Waals surface area contributed by atoms with Crippen LogP contribution in [0.3, 0.4) is 0 Å². The van der Waals surface area contributed by atoms with Crippen LogP contribution in [0, 0.1) is 5.92 Å². The maximum Gasteiger partial charge on any atom is 0.222 e. The Hall–Kier alpha value is -1.42. The number of hydrogen-bond acceptors (Lipinski definition) is 3. The second-order valence-corrected chi connectivity index (χ2v) is 5.04. The number of aryl methyl sites for hydroxylation is 1. The summed E-state index contributed by atoms with van der Waals surface area (Å²) in [4.78, 5) is 15.8. The fourth-order valence-corrected chi connectivity index (χ4v) is 2.25. The number of carbonyl (C=O) groups excluding carboxylic acids is 1. The van der Waals surface area contributed by atoms with Crippen LogP contribution in [0.2, 0.25) is 0 Å². The Morgan fingerprint density at radius 3 is 3.11 bits per heavy atom. The molecular weight excluding hydrogens is 226 g/mol. The molecule has 2 N–H and O–H groups in total. The van der Waals surface area contributed by atoms with Crippen molar-refractivity contribution >= 4 is 5.91 Å². The number of carbonyl (C=O) groups is 1. The Balaban J connectivity index is 1.74. The van der Waals surface area contributed by atoms with E-state index in [2.05, 4.69) is 21.7 Å². The molecule has 0 saturated carbocycles. The summed E-state index contributed by atoms with van der Waals surface area (Å²) < 4.78 is 0. The summed E-state index contributed by atoms with van der Waals surface area (Å²) in [5.41, 5.74) is 2.52. The lowest BCUT2D eigenvalue weighted by Crippen LogP contribution is -2.35. The molecule has 0 saturated heterocycles. The molecule has 2 rings (SSSR count). The molecule has 1 unspecified atom stereocenters. The van der Waals surface area contributed by atoms with Crippen LogP contribution in [0.4, 0.5) is 0 Å². The van der Waals surface area contributed by atoms with Crippen molar-refractivity contribution in [2.24, 2.45) is 5.92 Å². The van der Waals surface area contributed by atoms with Gasteiger partial charge in [0.05, 0.1) is 11.7 Å². The lowest BCUT2D eigenvalue weighted by atomic mass is 10.2. The molecule has 98 valence electrons. The minimum Gasteiger partial charge on any atom is -0.355 e. The Morgan fingerprint density at radius 1 is 1.50 bits per heavy atom. The van der Waals surface area contributed by atoms with E-state index in [9.17, 15) is 4.79 Å². The highest BCUT2D eigenvalue weighted by Gasteiger charge is 2.22. The predicted octanol–water partition coefficient (Wildman–Crippen LogP) is 1.43. The van der Waals surface area contributed by atoms with Crippen LogP contribution in [0.1, 0.15) is 37.6 Å². The Labute approximate surface area is 108 Å². The average molecular weight is 247 g/mol. The van der Waals surface area contributed by atoms with Gasteiger partial charge in [-0.25, -0.2) is 0 Å². The molecule has 1 amide bonds. The first-order valence-electron chi connectivity index (χ1n) is 6.63. The van der Waals surface area contributed by atoms with Gasteiger partial charge in [0.15, 0.2) is 0 Å². The van der Waals surface area contributed by atoms with Crippen molar-refractivity contribution in [3.05, 3.63) is 29.6 Å². The minimum atomic E-state index is 0.0545. The highest BCUT2D eigenvalue weighted by atomic mass is 16.1. The van der Waals surface area contributed by atoms with Gasteiger partial charge in [0.2, 0.25) is 5.91 Å². The zero-order valence-corrected chi connectivity index (χ0v) is 11.1. The Morgan fingerprint density at radius 2 is 2.33 bits per heavy atom. The number of nitrogens with zero attached hydrogens (tertiary/aromatic N) is 1. The molecule has 18 heavy (non-hydrogen) atoms. The van der Waals surface area contributed by atoms with Gasteiger partial charge in [0.25, 0.3) is 0 Å². The number of pyridine rings is 1. The minimum absolute atomic E-state index is 0.0545. The first-order valence-corrected chi connectivity index (χ1v) is 6.63. The largest absolute Gasteiger partial charge is 0.355 e. The molecule has 0 aliphatic heterocycles. The van der Waals surface area contributed by atoms with Crippen molar-refractivity contribution < 1.29 is 4.79 Å². The highest BCUT2D eigenvalue weighted by Crippen LogP contribution is 2.28. The summed E-state index contributed by atoms with van der Waals surface area (Å²) in [5, 5.41) is 6.36. The van der Waals surface area contributed by atoms with Crippen LogP contribution in [0.5, 0.6) is 0 Å². The second-order valence-electron chi connectivity index (χ2n) is 5.04. The van der Waals surface area contributed by atoms with Crippen LogP contribution in [0.25, 0.3) is 0 Å². The smallest absolute Gasteiger partial charge is 0.222 e. The zero-order chi connectivity index (χ0) is 13.0. The lowest BCUT2D eigenvalue weighted by Gasteiger charge is -2.14. The van der Waals surface area contributed by atoms with Gasteiger partial charge in [-0.15, -0.1) is 0 Å². The van der Waals surface area contributed by atoms with Crippen molar-refractivity contribution in [3.63, 3.8) is 0 Å². The average Bonchev–Trinajstić information content (AvgIpc) is 2.77. The molecule has 0 spiro atoms. The van der Waals surface area contributed by atoms with Gasteiger partial charge in [0.1, 0.15) is 0 Å². The summed E-state index contributed by atoms with van der Waals surface area (Å²) >= 11 is 0. The molecule has 4 nitrogen and oxygen atoms in total. The molecule has 0 aromatic carbocycles. The van der Waals surface area contributed by atoms with E-state index in [-0.39, 0.29) is 11.8 Å². The van der Waals surface area contributed by atoms with Crippen LogP contribution >= 0.6 is 0 Å². The molecule has 0 bridgehead atoms. The van der Waals surface area contributed by atoms with Gasteiger partial charge in [-0.3, -0.25) is 9.78 Å². The number of rotatable bonds is 5. The highest BCUT2D eigenvalue weighted by molar-refractivity contribution is 5.77. The summed E-state index contributed by atoms with van der Waals surface area (Å²) in [6.45, 7) is 5.27. The Kier molecular flexibility index (Phi) is 4.31. The van der Waals surface area contributed by atoms with Crippen LogP contribution in [0.15, 0.2) is 18.3 Å². The third kappa shape index (κ3) is 3.07. The van der Waals surface area contributed by atoms with E-state index in [0.29, 0.717) is 12.6 Å². The van der Waals surface area contributed by atoms with E-state index in [1.807, 2.05) is 26.1 Å². The lowest BCUT2D eigenvalue weighted by molar-refractivity contribution is -0.123. The summed E-state index contributed by atoms with van der Waals surface area (Å²) in [7, 11) is 0. The number of fused-ring (bicyclic) bond motifs is 1. The van der Waals surface area contributed by atoms with E-state index in [0.717, 1.165) is 19.4 Å². The third-order valence-corrected chi connectivity index (χ3v) is 3.30. The van der Waals surface area contributed by atoms with Crippen molar-refractivity contribution in [1.29, 1.82) is 0 Å². The van der Waals surface area contributed by atoms with E-state index in [4.69, 9.17) is 0 Å². The van der Waals surface area contributed by atoms with E-state index in [1.54, 1.807) is 0 Å². The van der Waals surface area contributed by atoms with E-state index < -0.39 is 0 Å². The van der Waals surface area contributed by atoms with Crippen molar-refractivity contribution in [2.45, 2.75) is 32.7 Å². The summed E-state index contributed by atoms with van der Waals surface area (Å²) in [6, 6.07) is 4.48.